The van der Waals surface area contributed by atoms with E-state index < -0.39 is 27.5 Å². The van der Waals surface area contributed by atoms with Gasteiger partial charge in [-0.25, -0.2) is 23.2 Å². The minimum absolute atomic E-state index is 0.0218. The second kappa shape index (κ2) is 27.3. The average molecular weight is 782 g/mol. The summed E-state index contributed by atoms with van der Waals surface area (Å²) < 4.78 is 51.9. The van der Waals surface area contributed by atoms with E-state index >= 15 is 0 Å². The molecule has 0 aliphatic carbocycles. The standard InChI is InChI=1S/C36H51N3O14S/c40-29(7-5-16-49-19-22-52-26-36(45)46)25-51-21-20-50-18-15-37-34(42)9-4-2-1-3-8-32(41)28-23-38-33(39-24-28)27-54(47,48)31-13-11-30(12-14-31)53-17-6-10-35(43)44/h11-14,23-24H,1-10,15-22,25-27H2,(H,37,42)(H,43,44)(H,45,46). The number of ketones is 2. The number of nitrogens with one attached hydrogen (secondary N) is 1. The lowest BCUT2D eigenvalue weighted by molar-refractivity contribution is -0.143. The summed E-state index contributed by atoms with van der Waals surface area (Å²) in [6.45, 7) is 1.79. The van der Waals surface area contributed by atoms with Crippen molar-refractivity contribution >= 4 is 39.2 Å². The summed E-state index contributed by atoms with van der Waals surface area (Å²) in [5.41, 5.74) is 0.292. The van der Waals surface area contributed by atoms with Crippen molar-refractivity contribution in [2.24, 2.45) is 0 Å². The number of sulfone groups is 1. The van der Waals surface area contributed by atoms with Gasteiger partial charge in [-0.15, -0.1) is 0 Å². The molecule has 0 saturated heterocycles. The molecule has 1 amide bonds. The van der Waals surface area contributed by atoms with Gasteiger partial charge in [0, 0.05) is 51.2 Å². The summed E-state index contributed by atoms with van der Waals surface area (Å²) in [5, 5.41) is 19.9. The Bertz CT molecular complexity index is 1540. The fourth-order valence-corrected chi connectivity index (χ4v) is 5.84. The quantitative estimate of drug-likeness (QED) is 0.0696. The van der Waals surface area contributed by atoms with E-state index in [-0.39, 0.29) is 87.3 Å². The Morgan fingerprint density at radius 3 is 1.91 bits per heavy atom. The van der Waals surface area contributed by atoms with Gasteiger partial charge in [0.2, 0.25) is 5.91 Å². The molecule has 0 aliphatic heterocycles. The van der Waals surface area contributed by atoms with E-state index in [9.17, 15) is 32.4 Å². The number of benzene rings is 1. The molecule has 54 heavy (non-hydrogen) atoms. The van der Waals surface area contributed by atoms with Gasteiger partial charge in [0.1, 0.15) is 30.5 Å². The normalized spacial score (nSPS) is 11.3. The summed E-state index contributed by atoms with van der Waals surface area (Å²) in [4.78, 5) is 65.5. The van der Waals surface area contributed by atoms with E-state index in [4.69, 9.17) is 33.9 Å². The van der Waals surface area contributed by atoms with Gasteiger partial charge in [0.05, 0.1) is 50.1 Å². The van der Waals surface area contributed by atoms with Crippen LogP contribution in [0.1, 0.15) is 80.4 Å². The number of hydrogen-bond donors (Lipinski definition) is 3. The van der Waals surface area contributed by atoms with Crippen molar-refractivity contribution in [1.29, 1.82) is 0 Å². The molecular weight excluding hydrogens is 730 g/mol. The van der Waals surface area contributed by atoms with Crippen LogP contribution < -0.4 is 10.1 Å². The number of carbonyl (C=O) groups is 5. The molecule has 0 fully saturated rings. The number of nitrogens with zero attached hydrogens (tertiary/aromatic N) is 2. The van der Waals surface area contributed by atoms with Gasteiger partial charge in [-0.1, -0.05) is 12.8 Å². The highest BCUT2D eigenvalue weighted by Crippen LogP contribution is 2.20. The van der Waals surface area contributed by atoms with Crippen molar-refractivity contribution < 1.29 is 66.3 Å². The molecule has 0 radical (unpaired) electrons. The largest absolute Gasteiger partial charge is 0.494 e. The molecule has 18 heteroatoms. The Hall–Kier alpha value is -4.36. The molecule has 1 heterocycles. The third-order valence-electron chi connectivity index (χ3n) is 7.44. The van der Waals surface area contributed by atoms with Crippen LogP contribution in [0, 0.1) is 0 Å². The lowest BCUT2D eigenvalue weighted by Crippen LogP contribution is -2.27. The summed E-state index contributed by atoms with van der Waals surface area (Å²) in [6.07, 6.45) is 7.25. The van der Waals surface area contributed by atoms with Gasteiger partial charge < -0.3 is 39.2 Å². The minimum atomic E-state index is -3.75. The number of carboxylic acids is 2. The Labute approximate surface area is 315 Å². The first-order chi connectivity index (χ1) is 26.0. The van der Waals surface area contributed by atoms with Crippen molar-refractivity contribution in [3.8, 4) is 5.75 Å². The number of carbonyl (C=O) groups excluding carboxylic acids is 3. The van der Waals surface area contributed by atoms with Crippen molar-refractivity contribution in [2.75, 3.05) is 66.0 Å². The zero-order valence-electron chi connectivity index (χ0n) is 30.4. The van der Waals surface area contributed by atoms with Crippen molar-refractivity contribution in [3.63, 3.8) is 0 Å². The number of amides is 1. The Morgan fingerprint density at radius 2 is 1.24 bits per heavy atom. The first kappa shape index (κ1) is 45.8. The molecule has 300 valence electrons. The summed E-state index contributed by atoms with van der Waals surface area (Å²) in [6, 6.07) is 5.78. The van der Waals surface area contributed by atoms with Crippen LogP contribution in [0.4, 0.5) is 0 Å². The van der Waals surface area contributed by atoms with Gasteiger partial charge in [0.15, 0.2) is 21.4 Å². The van der Waals surface area contributed by atoms with Crippen LogP contribution in [-0.4, -0.2) is 124 Å². The fourth-order valence-electron chi connectivity index (χ4n) is 4.63. The van der Waals surface area contributed by atoms with E-state index in [1.165, 1.54) is 36.7 Å². The van der Waals surface area contributed by atoms with E-state index in [2.05, 4.69) is 15.3 Å². The number of Topliss-reactive ketones (excluding diaryl/α,β-unsaturated/α-hetero) is 2. The van der Waals surface area contributed by atoms with Crippen LogP contribution in [0.25, 0.3) is 0 Å². The average Bonchev–Trinajstić information content (AvgIpc) is 3.13. The van der Waals surface area contributed by atoms with E-state index in [0.717, 1.165) is 12.8 Å². The molecule has 3 N–H and O–H groups in total. The zero-order chi connectivity index (χ0) is 39.4. The number of rotatable bonds is 33. The molecule has 1 aromatic carbocycles. The Balaban J connectivity index is 1.46. The molecule has 2 rings (SSSR count). The van der Waals surface area contributed by atoms with Gasteiger partial charge in [-0.3, -0.25) is 19.2 Å². The molecule has 0 saturated carbocycles. The molecular formula is C36H51N3O14S. The number of hydrogen-bond acceptors (Lipinski definition) is 14. The number of aromatic nitrogens is 2. The maximum atomic E-state index is 12.8. The monoisotopic (exact) mass is 781 g/mol. The van der Waals surface area contributed by atoms with Gasteiger partial charge in [0.25, 0.3) is 0 Å². The molecule has 0 aliphatic rings. The Morgan fingerprint density at radius 1 is 0.630 bits per heavy atom. The van der Waals surface area contributed by atoms with Gasteiger partial charge in [-0.05, 0) is 49.9 Å². The number of unbranched alkanes of at least 4 members (excludes halogenated alkanes) is 3. The Kier molecular flexibility index (Phi) is 23.1. The first-order valence-corrected chi connectivity index (χ1v) is 19.4. The molecule has 17 nitrogen and oxygen atoms in total. The fraction of sp³-hybridized carbons (Fsp3) is 0.583. The summed E-state index contributed by atoms with van der Waals surface area (Å²) in [7, 11) is -3.75. The smallest absolute Gasteiger partial charge is 0.329 e. The highest BCUT2D eigenvalue weighted by molar-refractivity contribution is 7.90. The van der Waals surface area contributed by atoms with E-state index in [1.54, 1.807) is 0 Å². The van der Waals surface area contributed by atoms with E-state index in [1.807, 2.05) is 0 Å². The van der Waals surface area contributed by atoms with Crippen LogP contribution in [0.3, 0.4) is 0 Å². The van der Waals surface area contributed by atoms with Crippen molar-refractivity contribution in [2.45, 2.75) is 74.9 Å². The topological polar surface area (TPSA) is 244 Å². The number of carboxylic acid groups (broad SMARTS) is 2. The molecule has 1 aromatic heterocycles. The minimum Gasteiger partial charge on any atom is -0.494 e. The third-order valence-corrected chi connectivity index (χ3v) is 9.06. The SMILES string of the molecule is O=C(O)CCCOc1ccc(S(=O)(=O)Cc2ncc(C(=O)CCCCCCC(=O)NCCOCCOCC(=O)CCCOCCOCC(=O)O)cn2)cc1. The highest BCUT2D eigenvalue weighted by Gasteiger charge is 2.18. The van der Waals surface area contributed by atoms with Gasteiger partial charge >= 0.3 is 11.9 Å². The third kappa shape index (κ3) is 22.0. The predicted molar refractivity (Wildman–Crippen MR) is 192 cm³/mol. The van der Waals surface area contributed by atoms with Gasteiger partial charge in [-0.2, -0.15) is 0 Å². The zero-order valence-corrected chi connectivity index (χ0v) is 31.2. The lowest BCUT2D eigenvalue weighted by Gasteiger charge is -2.08. The lowest BCUT2D eigenvalue weighted by atomic mass is 10.1. The molecule has 0 atom stereocenters. The van der Waals surface area contributed by atoms with Crippen LogP contribution in [0.5, 0.6) is 5.75 Å². The number of aliphatic carboxylic acids is 2. The number of ether oxygens (including phenoxy) is 5. The molecule has 0 unspecified atom stereocenters. The second-order valence-corrected chi connectivity index (χ2v) is 14.0. The van der Waals surface area contributed by atoms with E-state index in [0.29, 0.717) is 69.6 Å². The summed E-state index contributed by atoms with van der Waals surface area (Å²) >= 11 is 0. The first-order valence-electron chi connectivity index (χ1n) is 17.8. The van der Waals surface area contributed by atoms with Crippen LogP contribution in [0.2, 0.25) is 0 Å². The summed E-state index contributed by atoms with van der Waals surface area (Å²) in [5.74, 6) is -2.23. The predicted octanol–water partition coefficient (Wildman–Crippen LogP) is 2.83. The van der Waals surface area contributed by atoms with Crippen LogP contribution >= 0.6 is 0 Å². The van der Waals surface area contributed by atoms with Crippen molar-refractivity contribution in [1.82, 2.24) is 15.3 Å². The van der Waals surface area contributed by atoms with Crippen molar-refractivity contribution in [3.05, 3.63) is 48.0 Å². The molecule has 0 bridgehead atoms. The highest BCUT2D eigenvalue weighted by atomic mass is 32.2. The second-order valence-electron chi connectivity index (χ2n) is 12.0. The van der Waals surface area contributed by atoms with Crippen LogP contribution in [-0.2, 0) is 53.7 Å². The maximum Gasteiger partial charge on any atom is 0.329 e. The molecule has 0 spiro atoms. The maximum absolute atomic E-state index is 12.8. The van der Waals surface area contributed by atoms with Crippen LogP contribution in [0.15, 0.2) is 41.6 Å². The molecule has 2 aromatic rings.